The summed E-state index contributed by atoms with van der Waals surface area (Å²) < 4.78 is 10.3. The molecule has 1 aliphatic rings. The first-order valence-corrected chi connectivity index (χ1v) is 9.20. The van der Waals surface area contributed by atoms with Gasteiger partial charge in [0.15, 0.2) is 5.96 Å². The van der Waals surface area contributed by atoms with E-state index >= 15 is 0 Å². The molecular formula is C19H34IN5O2. The van der Waals surface area contributed by atoms with Gasteiger partial charge in [0, 0.05) is 65.7 Å². The normalized spacial score (nSPS) is 14.9. The Morgan fingerprint density at radius 2 is 1.78 bits per heavy atom. The van der Waals surface area contributed by atoms with Crippen molar-refractivity contribution in [1.82, 2.24) is 15.1 Å². The van der Waals surface area contributed by atoms with Gasteiger partial charge in [0.25, 0.3) is 0 Å². The van der Waals surface area contributed by atoms with Gasteiger partial charge in [-0.2, -0.15) is 0 Å². The number of halogens is 1. The van der Waals surface area contributed by atoms with E-state index in [0.29, 0.717) is 0 Å². The lowest BCUT2D eigenvalue weighted by atomic mass is 10.2. The number of hydrogen-bond acceptors (Lipinski definition) is 5. The van der Waals surface area contributed by atoms with Crippen molar-refractivity contribution in [2.75, 3.05) is 85.6 Å². The third kappa shape index (κ3) is 7.71. The summed E-state index contributed by atoms with van der Waals surface area (Å²) >= 11 is 0. The van der Waals surface area contributed by atoms with E-state index in [4.69, 9.17) is 9.47 Å². The maximum absolute atomic E-state index is 5.23. The Morgan fingerprint density at radius 1 is 1.11 bits per heavy atom. The Morgan fingerprint density at radius 3 is 2.33 bits per heavy atom. The van der Waals surface area contributed by atoms with Gasteiger partial charge in [0.1, 0.15) is 5.75 Å². The van der Waals surface area contributed by atoms with Crippen molar-refractivity contribution >= 4 is 35.6 Å². The predicted octanol–water partition coefficient (Wildman–Crippen LogP) is 1.59. The molecule has 1 aromatic rings. The molecule has 8 heteroatoms. The summed E-state index contributed by atoms with van der Waals surface area (Å²) in [5.74, 6) is 1.88. The molecule has 0 radical (unpaired) electrons. The largest absolute Gasteiger partial charge is 0.497 e. The Balaban J connectivity index is 0.00000364. The van der Waals surface area contributed by atoms with Gasteiger partial charge in [-0.15, -0.1) is 24.0 Å². The van der Waals surface area contributed by atoms with Crippen molar-refractivity contribution in [2.45, 2.75) is 0 Å². The minimum atomic E-state index is 0. The third-order valence-corrected chi connectivity index (χ3v) is 4.68. The van der Waals surface area contributed by atoms with Gasteiger partial charge in [0.05, 0.1) is 13.7 Å². The van der Waals surface area contributed by atoms with Crippen molar-refractivity contribution in [2.24, 2.45) is 4.99 Å². The van der Waals surface area contributed by atoms with Gasteiger partial charge in [0.2, 0.25) is 0 Å². The number of hydrogen-bond donors (Lipinski definition) is 1. The number of ether oxygens (including phenoxy) is 2. The van der Waals surface area contributed by atoms with E-state index in [1.165, 1.54) is 5.69 Å². The van der Waals surface area contributed by atoms with Crippen LogP contribution >= 0.6 is 24.0 Å². The highest BCUT2D eigenvalue weighted by atomic mass is 127. The van der Waals surface area contributed by atoms with Crippen molar-refractivity contribution in [1.29, 1.82) is 0 Å². The average molecular weight is 491 g/mol. The van der Waals surface area contributed by atoms with Crippen LogP contribution < -0.4 is 15.0 Å². The first-order valence-electron chi connectivity index (χ1n) is 9.20. The Bertz CT molecular complexity index is 548. The molecule has 7 nitrogen and oxygen atoms in total. The van der Waals surface area contributed by atoms with E-state index in [1.807, 2.05) is 19.2 Å². The molecule has 0 amide bonds. The maximum Gasteiger partial charge on any atom is 0.193 e. The van der Waals surface area contributed by atoms with Crippen molar-refractivity contribution in [3.05, 3.63) is 24.3 Å². The number of nitrogens with zero attached hydrogens (tertiary/aromatic N) is 4. The van der Waals surface area contributed by atoms with Crippen LogP contribution in [0.1, 0.15) is 0 Å². The number of piperazine rings is 1. The maximum atomic E-state index is 5.23. The third-order valence-electron chi connectivity index (χ3n) is 4.68. The molecule has 154 valence electrons. The highest BCUT2D eigenvalue weighted by Crippen LogP contribution is 2.20. The van der Waals surface area contributed by atoms with Gasteiger partial charge < -0.3 is 29.5 Å². The second-order valence-corrected chi connectivity index (χ2v) is 6.44. The molecule has 1 fully saturated rings. The molecular weight excluding hydrogens is 457 g/mol. The number of guanidine groups is 1. The Labute approximate surface area is 180 Å². The number of rotatable bonds is 8. The molecule has 0 saturated carbocycles. The number of aliphatic imine (C=N–C) groups is 1. The molecule has 27 heavy (non-hydrogen) atoms. The average Bonchev–Trinajstić information content (AvgIpc) is 2.70. The summed E-state index contributed by atoms with van der Waals surface area (Å²) in [7, 11) is 7.39. The SMILES string of the molecule is CN=C(NCCN(C)CCOC)N1CCN(c2ccc(OC)cc2)CC1.I. The minimum absolute atomic E-state index is 0. The molecule has 2 rings (SSSR count). The molecule has 0 aromatic heterocycles. The molecule has 1 aromatic carbocycles. The summed E-state index contributed by atoms with van der Waals surface area (Å²) in [5.41, 5.74) is 1.24. The van der Waals surface area contributed by atoms with Crippen LogP contribution in [0.2, 0.25) is 0 Å². The first-order chi connectivity index (χ1) is 12.7. The van der Waals surface area contributed by atoms with Gasteiger partial charge in [-0.05, 0) is 31.3 Å². The lowest BCUT2D eigenvalue weighted by Gasteiger charge is -2.37. The number of nitrogens with one attached hydrogen (secondary N) is 1. The number of methoxy groups -OCH3 is 2. The molecule has 0 atom stereocenters. The van der Waals surface area contributed by atoms with E-state index < -0.39 is 0 Å². The molecule has 1 aliphatic heterocycles. The molecule has 0 bridgehead atoms. The lowest BCUT2D eigenvalue weighted by Crippen LogP contribution is -2.53. The fourth-order valence-corrected chi connectivity index (χ4v) is 3.02. The van der Waals surface area contributed by atoms with Gasteiger partial charge in [-0.25, -0.2) is 0 Å². The molecule has 0 unspecified atom stereocenters. The van der Waals surface area contributed by atoms with Crippen LogP contribution in [0.5, 0.6) is 5.75 Å². The fourth-order valence-electron chi connectivity index (χ4n) is 3.02. The molecule has 1 heterocycles. The van der Waals surface area contributed by atoms with Crippen LogP contribution in [0.15, 0.2) is 29.3 Å². The monoisotopic (exact) mass is 491 g/mol. The van der Waals surface area contributed by atoms with Gasteiger partial charge >= 0.3 is 0 Å². The van der Waals surface area contributed by atoms with Crippen molar-refractivity contribution in [3.8, 4) is 5.75 Å². The predicted molar refractivity (Wildman–Crippen MR) is 123 cm³/mol. The summed E-state index contributed by atoms with van der Waals surface area (Å²) in [6, 6.07) is 8.28. The van der Waals surface area contributed by atoms with E-state index in [2.05, 4.69) is 44.2 Å². The quantitative estimate of drug-likeness (QED) is 0.339. The zero-order chi connectivity index (χ0) is 18.8. The van der Waals surface area contributed by atoms with Crippen molar-refractivity contribution < 1.29 is 9.47 Å². The minimum Gasteiger partial charge on any atom is -0.497 e. The highest BCUT2D eigenvalue weighted by molar-refractivity contribution is 14.0. The second kappa shape index (κ2) is 13.0. The smallest absolute Gasteiger partial charge is 0.193 e. The van der Waals surface area contributed by atoms with E-state index in [1.54, 1.807) is 14.2 Å². The summed E-state index contributed by atoms with van der Waals surface area (Å²) in [5, 5.41) is 3.47. The van der Waals surface area contributed by atoms with Crippen LogP contribution in [0.25, 0.3) is 0 Å². The highest BCUT2D eigenvalue weighted by Gasteiger charge is 2.19. The topological polar surface area (TPSA) is 52.6 Å². The van der Waals surface area contributed by atoms with Crippen molar-refractivity contribution in [3.63, 3.8) is 0 Å². The second-order valence-electron chi connectivity index (χ2n) is 6.44. The van der Waals surface area contributed by atoms with E-state index in [0.717, 1.165) is 64.1 Å². The zero-order valence-electron chi connectivity index (χ0n) is 17.0. The molecule has 1 N–H and O–H groups in total. The van der Waals surface area contributed by atoms with Crippen LogP contribution in [0.3, 0.4) is 0 Å². The molecule has 0 spiro atoms. The number of likely N-dealkylation sites (N-methyl/N-ethyl adjacent to an activating group) is 1. The molecule has 1 saturated heterocycles. The van der Waals surface area contributed by atoms with Crippen LogP contribution in [0, 0.1) is 0 Å². The summed E-state index contributed by atoms with van der Waals surface area (Å²) in [6.45, 7) is 7.45. The standard InChI is InChI=1S/C19H33N5O2.HI/c1-20-19(21-9-10-22(2)15-16-25-3)24-13-11-23(12-14-24)17-5-7-18(26-4)8-6-17;/h5-8H,9-16H2,1-4H3,(H,20,21);1H. The van der Waals surface area contributed by atoms with Crippen LogP contribution in [0.4, 0.5) is 5.69 Å². The van der Waals surface area contributed by atoms with E-state index in [9.17, 15) is 0 Å². The van der Waals surface area contributed by atoms with E-state index in [-0.39, 0.29) is 24.0 Å². The van der Waals surface area contributed by atoms with Gasteiger partial charge in [-0.3, -0.25) is 4.99 Å². The fraction of sp³-hybridized carbons (Fsp3) is 0.632. The number of benzene rings is 1. The lowest BCUT2D eigenvalue weighted by molar-refractivity contribution is 0.162. The summed E-state index contributed by atoms with van der Waals surface area (Å²) in [6.07, 6.45) is 0. The first kappa shape index (κ1) is 23.8. The Hall–Kier alpha value is -1.26. The zero-order valence-corrected chi connectivity index (χ0v) is 19.3. The summed E-state index contributed by atoms with van der Waals surface area (Å²) in [4.78, 5) is 11.4. The Kier molecular flexibility index (Phi) is 11.5. The van der Waals surface area contributed by atoms with Crippen LogP contribution in [-0.4, -0.2) is 96.5 Å². The number of anilines is 1. The molecule has 0 aliphatic carbocycles. The van der Waals surface area contributed by atoms with Gasteiger partial charge in [-0.1, -0.05) is 0 Å². The van der Waals surface area contributed by atoms with Crippen LogP contribution in [-0.2, 0) is 4.74 Å².